The molecule has 1 aromatic rings. The van der Waals surface area contributed by atoms with Gasteiger partial charge in [-0.25, -0.2) is 0 Å². The highest BCUT2D eigenvalue weighted by Crippen LogP contribution is 2.29. The second-order valence-electron chi connectivity index (χ2n) is 6.51. The van der Waals surface area contributed by atoms with E-state index >= 15 is 0 Å². The molecule has 2 saturated heterocycles. The molecule has 23 heavy (non-hydrogen) atoms. The van der Waals surface area contributed by atoms with Gasteiger partial charge in [0.15, 0.2) is 6.19 Å². The Labute approximate surface area is 137 Å². The van der Waals surface area contributed by atoms with E-state index < -0.39 is 0 Å². The minimum absolute atomic E-state index is 0.255. The Bertz CT molecular complexity index is 587. The first kappa shape index (κ1) is 15.7. The van der Waals surface area contributed by atoms with Gasteiger partial charge in [0.2, 0.25) is 5.91 Å². The summed E-state index contributed by atoms with van der Waals surface area (Å²) in [5, 5.41) is 8.86. The van der Waals surface area contributed by atoms with Gasteiger partial charge in [0.1, 0.15) is 5.75 Å². The molecule has 3 rings (SSSR count). The summed E-state index contributed by atoms with van der Waals surface area (Å²) in [5.74, 6) is 2.07. The molecular weight excluding hydrogens is 290 g/mol. The summed E-state index contributed by atoms with van der Waals surface area (Å²) in [5.41, 5.74) is 1.27. The van der Waals surface area contributed by atoms with E-state index in [1.165, 1.54) is 5.56 Å². The van der Waals surface area contributed by atoms with Crippen molar-refractivity contribution < 1.29 is 9.53 Å². The summed E-state index contributed by atoms with van der Waals surface area (Å²) in [4.78, 5) is 16.0. The van der Waals surface area contributed by atoms with Crippen molar-refractivity contribution in [3.63, 3.8) is 0 Å². The van der Waals surface area contributed by atoms with E-state index in [9.17, 15) is 4.79 Å². The lowest BCUT2D eigenvalue weighted by Gasteiger charge is -2.40. The van der Waals surface area contributed by atoms with Crippen molar-refractivity contribution in [2.75, 3.05) is 33.3 Å². The lowest BCUT2D eigenvalue weighted by atomic mass is 9.90. The maximum atomic E-state index is 12.2. The van der Waals surface area contributed by atoms with Gasteiger partial charge in [0, 0.05) is 38.5 Å². The van der Waals surface area contributed by atoms with Crippen molar-refractivity contribution in [1.82, 2.24) is 9.80 Å². The highest BCUT2D eigenvalue weighted by Gasteiger charge is 2.32. The van der Waals surface area contributed by atoms with Crippen molar-refractivity contribution in [2.45, 2.75) is 25.2 Å². The largest absolute Gasteiger partial charge is 0.497 e. The van der Waals surface area contributed by atoms with Crippen LogP contribution in [-0.2, 0) is 4.79 Å². The van der Waals surface area contributed by atoms with Gasteiger partial charge in [0.05, 0.1) is 7.11 Å². The van der Waals surface area contributed by atoms with Crippen LogP contribution in [0.3, 0.4) is 0 Å². The first-order valence-corrected chi connectivity index (χ1v) is 8.26. The van der Waals surface area contributed by atoms with Gasteiger partial charge in [-0.3, -0.25) is 4.79 Å². The van der Waals surface area contributed by atoms with E-state index in [4.69, 9.17) is 10.00 Å². The topological polar surface area (TPSA) is 56.6 Å². The van der Waals surface area contributed by atoms with Crippen LogP contribution in [0.2, 0.25) is 0 Å². The maximum Gasteiger partial charge on any atom is 0.222 e. The number of benzene rings is 1. The second-order valence-corrected chi connectivity index (χ2v) is 6.51. The second kappa shape index (κ2) is 6.91. The number of hydrogen-bond donors (Lipinski definition) is 0. The first-order valence-electron chi connectivity index (χ1n) is 8.26. The molecule has 1 aromatic carbocycles. The first-order chi connectivity index (χ1) is 11.2. The van der Waals surface area contributed by atoms with Gasteiger partial charge in [-0.15, -0.1) is 0 Å². The predicted octanol–water partition coefficient (Wildman–Crippen LogP) is 2.20. The maximum absolute atomic E-state index is 12.2. The number of methoxy groups -OCH3 is 1. The summed E-state index contributed by atoms with van der Waals surface area (Å²) >= 11 is 0. The van der Waals surface area contributed by atoms with Crippen LogP contribution in [0.4, 0.5) is 0 Å². The zero-order valence-corrected chi connectivity index (χ0v) is 13.6. The smallest absolute Gasteiger partial charge is 0.222 e. The van der Waals surface area contributed by atoms with Gasteiger partial charge in [-0.2, -0.15) is 5.26 Å². The molecule has 0 radical (unpaired) electrons. The molecule has 2 fully saturated rings. The fourth-order valence-corrected chi connectivity index (χ4v) is 3.41. The van der Waals surface area contributed by atoms with Gasteiger partial charge < -0.3 is 14.5 Å². The number of hydrogen-bond acceptors (Lipinski definition) is 4. The molecule has 0 bridgehead atoms. The number of rotatable bonds is 5. The summed E-state index contributed by atoms with van der Waals surface area (Å²) in [6.07, 6.45) is 4.74. The number of likely N-dealkylation sites (tertiary alicyclic amines) is 2. The van der Waals surface area contributed by atoms with Crippen LogP contribution in [0, 0.1) is 17.4 Å². The van der Waals surface area contributed by atoms with Gasteiger partial charge in [0.25, 0.3) is 0 Å². The molecular formula is C18H23N3O2. The standard InChI is InChI=1S/C18H23N3O2/c1-23-17-5-3-15(4-6-17)16-11-21(12-16)18(22)7-2-14-8-9-20(10-14)13-19/h3-6,14,16H,2,7-12H2,1H3. The van der Waals surface area contributed by atoms with E-state index in [0.717, 1.165) is 44.8 Å². The Morgan fingerprint density at radius 2 is 2.04 bits per heavy atom. The molecule has 0 aromatic heterocycles. The molecule has 2 aliphatic heterocycles. The van der Waals surface area contributed by atoms with Crippen molar-refractivity contribution in [3.8, 4) is 11.9 Å². The van der Waals surface area contributed by atoms with Crippen molar-refractivity contribution >= 4 is 5.91 Å². The third-order valence-electron chi connectivity index (χ3n) is 5.02. The van der Waals surface area contributed by atoms with Crippen LogP contribution in [-0.4, -0.2) is 49.0 Å². The molecule has 122 valence electrons. The zero-order valence-electron chi connectivity index (χ0n) is 13.6. The minimum Gasteiger partial charge on any atom is -0.497 e. The number of amides is 1. The van der Waals surface area contributed by atoms with Gasteiger partial charge in [-0.05, 0) is 36.5 Å². The van der Waals surface area contributed by atoms with Crippen molar-refractivity contribution in [1.29, 1.82) is 5.26 Å². The lowest BCUT2D eigenvalue weighted by molar-refractivity contribution is -0.135. The van der Waals surface area contributed by atoms with Crippen LogP contribution in [0.1, 0.15) is 30.7 Å². The van der Waals surface area contributed by atoms with Crippen molar-refractivity contribution in [2.24, 2.45) is 5.92 Å². The molecule has 0 spiro atoms. The van der Waals surface area contributed by atoms with E-state index in [1.54, 1.807) is 12.0 Å². The number of carbonyl (C=O) groups is 1. The van der Waals surface area contributed by atoms with Crippen molar-refractivity contribution in [3.05, 3.63) is 29.8 Å². The monoisotopic (exact) mass is 313 g/mol. The molecule has 1 unspecified atom stereocenters. The average molecular weight is 313 g/mol. The molecule has 2 heterocycles. The number of ether oxygens (including phenoxy) is 1. The normalized spacial score (nSPS) is 21.0. The number of nitrogens with zero attached hydrogens (tertiary/aromatic N) is 3. The van der Waals surface area contributed by atoms with Crippen LogP contribution in [0.5, 0.6) is 5.75 Å². The Hall–Kier alpha value is -2.22. The summed E-state index contributed by atoms with van der Waals surface area (Å²) in [7, 11) is 1.67. The Morgan fingerprint density at radius 1 is 1.30 bits per heavy atom. The fourth-order valence-electron chi connectivity index (χ4n) is 3.41. The van der Waals surface area contributed by atoms with E-state index in [0.29, 0.717) is 18.3 Å². The minimum atomic E-state index is 0.255. The third-order valence-corrected chi connectivity index (χ3v) is 5.02. The van der Waals surface area contributed by atoms with Gasteiger partial charge >= 0.3 is 0 Å². The quantitative estimate of drug-likeness (QED) is 0.782. The number of nitriles is 1. The molecule has 2 aliphatic rings. The molecule has 5 nitrogen and oxygen atoms in total. The summed E-state index contributed by atoms with van der Waals surface area (Å²) in [6, 6.07) is 8.11. The molecule has 1 amide bonds. The van der Waals surface area contributed by atoms with Crippen LogP contribution >= 0.6 is 0 Å². The SMILES string of the molecule is COc1ccc(C2CN(C(=O)CCC3CCN(C#N)C3)C2)cc1. The Morgan fingerprint density at radius 3 is 2.65 bits per heavy atom. The van der Waals surface area contributed by atoms with Crippen LogP contribution in [0.25, 0.3) is 0 Å². The molecule has 1 atom stereocenters. The van der Waals surface area contributed by atoms with Gasteiger partial charge in [-0.1, -0.05) is 12.1 Å². The predicted molar refractivity (Wildman–Crippen MR) is 86.8 cm³/mol. The highest BCUT2D eigenvalue weighted by molar-refractivity contribution is 5.77. The van der Waals surface area contributed by atoms with E-state index in [2.05, 4.69) is 18.3 Å². The van der Waals surface area contributed by atoms with Crippen LogP contribution < -0.4 is 4.74 Å². The Kier molecular flexibility index (Phi) is 4.71. The molecule has 0 N–H and O–H groups in total. The lowest BCUT2D eigenvalue weighted by Crippen LogP contribution is -2.48. The average Bonchev–Trinajstić information content (AvgIpc) is 3.00. The van der Waals surface area contributed by atoms with E-state index in [1.807, 2.05) is 17.0 Å². The summed E-state index contributed by atoms with van der Waals surface area (Å²) in [6.45, 7) is 3.30. The molecule has 5 heteroatoms. The third kappa shape index (κ3) is 3.58. The van der Waals surface area contributed by atoms with Crippen LogP contribution in [0.15, 0.2) is 24.3 Å². The molecule has 0 aliphatic carbocycles. The summed E-state index contributed by atoms with van der Waals surface area (Å²) < 4.78 is 5.17. The van der Waals surface area contributed by atoms with E-state index in [-0.39, 0.29) is 5.91 Å². The molecule has 0 saturated carbocycles. The highest BCUT2D eigenvalue weighted by atomic mass is 16.5. The number of carbonyl (C=O) groups excluding carboxylic acids is 1. The fraction of sp³-hybridized carbons (Fsp3) is 0.556. The Balaban J connectivity index is 1.40. The zero-order chi connectivity index (χ0) is 16.2.